The van der Waals surface area contributed by atoms with Crippen molar-refractivity contribution < 1.29 is 9.47 Å². The summed E-state index contributed by atoms with van der Waals surface area (Å²) in [5.41, 5.74) is 0. The third-order valence-electron chi connectivity index (χ3n) is 8.12. The minimum absolute atomic E-state index is 0.234. The van der Waals surface area contributed by atoms with Gasteiger partial charge in [0.05, 0.1) is 12.7 Å². The van der Waals surface area contributed by atoms with Gasteiger partial charge < -0.3 is 14.4 Å². The molecule has 3 heteroatoms. The van der Waals surface area contributed by atoms with E-state index in [9.17, 15) is 0 Å². The van der Waals surface area contributed by atoms with Crippen LogP contribution in [0.25, 0.3) is 0 Å². The number of nitrogens with zero attached hydrogens (tertiary/aromatic N) is 1. The number of unbranched alkanes of at least 4 members (excludes halogenated alkanes) is 17. The smallest absolute Gasteiger partial charge is 0.0820 e. The maximum Gasteiger partial charge on any atom is 0.0820 e. The number of hydrogen-bond donors (Lipinski definition) is 0. The normalized spacial score (nSPS) is 13.2. The van der Waals surface area contributed by atoms with Crippen LogP contribution in [0.1, 0.15) is 168 Å². The largest absolute Gasteiger partial charge is 0.379 e. The van der Waals surface area contributed by atoms with E-state index in [4.69, 9.17) is 9.47 Å². The van der Waals surface area contributed by atoms with Crippen LogP contribution < -0.4 is 0 Å². The van der Waals surface area contributed by atoms with Gasteiger partial charge in [-0.3, -0.25) is 0 Å². The Kier molecular flexibility index (Phi) is 37.0. The summed E-state index contributed by atoms with van der Waals surface area (Å²) in [7, 11) is 4.29. The summed E-state index contributed by atoms with van der Waals surface area (Å²) in [4.78, 5) is 2.25. The molecule has 0 aliphatic carbocycles. The standard InChI is InChI=1S/C41H77NO2/c1-5-7-9-11-13-15-17-19-21-23-24-26-28-30-32-34-38-43-40-41(36-37-42(3)4)44-39-35-33-31-29-27-25-22-20-18-16-14-12-10-8-6-2/h10,12-13,15-16,18-19,21,41H,5-9,11,14,17,20,22-40H2,1-4H3/b12-10-,15-13-,18-16-,21-19-. The van der Waals surface area contributed by atoms with E-state index in [0.717, 1.165) is 45.6 Å². The molecule has 44 heavy (non-hydrogen) atoms. The first-order chi connectivity index (χ1) is 21.7. The molecule has 0 aromatic heterocycles. The highest BCUT2D eigenvalue weighted by Crippen LogP contribution is 2.12. The highest BCUT2D eigenvalue weighted by atomic mass is 16.5. The summed E-state index contributed by atoms with van der Waals surface area (Å²) in [5.74, 6) is 0. The average molecular weight is 616 g/mol. The molecule has 0 N–H and O–H groups in total. The zero-order chi connectivity index (χ0) is 32.0. The van der Waals surface area contributed by atoms with Crippen molar-refractivity contribution >= 4 is 0 Å². The Morgan fingerprint density at radius 2 is 0.932 bits per heavy atom. The monoisotopic (exact) mass is 616 g/mol. The van der Waals surface area contributed by atoms with Crippen LogP contribution in [-0.2, 0) is 9.47 Å². The minimum atomic E-state index is 0.234. The molecule has 0 rings (SSSR count). The summed E-state index contributed by atoms with van der Waals surface area (Å²) in [5, 5.41) is 0. The second-order valence-corrected chi connectivity index (χ2v) is 13.0. The molecule has 0 spiro atoms. The molecule has 0 saturated carbocycles. The first-order valence-corrected chi connectivity index (χ1v) is 19.1. The van der Waals surface area contributed by atoms with Crippen LogP contribution in [0.2, 0.25) is 0 Å². The Balaban J connectivity index is 3.65. The van der Waals surface area contributed by atoms with E-state index in [1.807, 2.05) is 0 Å². The van der Waals surface area contributed by atoms with Gasteiger partial charge >= 0.3 is 0 Å². The van der Waals surface area contributed by atoms with Gasteiger partial charge in [-0.15, -0.1) is 0 Å². The molecule has 0 bridgehead atoms. The molecule has 1 unspecified atom stereocenters. The zero-order valence-electron chi connectivity index (χ0n) is 30.3. The van der Waals surface area contributed by atoms with Gasteiger partial charge in [0.2, 0.25) is 0 Å². The second kappa shape index (κ2) is 38.0. The highest BCUT2D eigenvalue weighted by Gasteiger charge is 2.10. The SMILES string of the molecule is CCC/C=C\C/C=C\CCCCCCCCCOC(CCN(C)C)COCCCCCCCC/C=C\C/C=C\CCCCC. The molecule has 1 atom stereocenters. The van der Waals surface area contributed by atoms with Crippen LogP contribution >= 0.6 is 0 Å². The van der Waals surface area contributed by atoms with Crippen LogP contribution in [0.3, 0.4) is 0 Å². The lowest BCUT2D eigenvalue weighted by Gasteiger charge is -2.20. The Labute approximate surface area is 277 Å². The number of rotatable bonds is 35. The van der Waals surface area contributed by atoms with Gasteiger partial charge in [-0.25, -0.2) is 0 Å². The van der Waals surface area contributed by atoms with Gasteiger partial charge in [-0.1, -0.05) is 140 Å². The van der Waals surface area contributed by atoms with E-state index in [1.165, 1.54) is 135 Å². The van der Waals surface area contributed by atoms with Gasteiger partial charge in [0.1, 0.15) is 0 Å². The second-order valence-electron chi connectivity index (χ2n) is 13.0. The quantitative estimate of drug-likeness (QED) is 0.0523. The number of allylic oxidation sites excluding steroid dienone is 8. The minimum Gasteiger partial charge on any atom is -0.379 e. The summed E-state index contributed by atoms with van der Waals surface area (Å²) in [6.45, 7) is 8.06. The van der Waals surface area contributed by atoms with Crippen molar-refractivity contribution in [3.63, 3.8) is 0 Å². The van der Waals surface area contributed by atoms with Crippen molar-refractivity contribution in [1.29, 1.82) is 0 Å². The van der Waals surface area contributed by atoms with Gasteiger partial charge in [0.25, 0.3) is 0 Å². The summed E-state index contributed by atoms with van der Waals surface area (Å²) >= 11 is 0. The van der Waals surface area contributed by atoms with Crippen LogP contribution in [0, 0.1) is 0 Å². The van der Waals surface area contributed by atoms with Gasteiger partial charge in [-0.05, 0) is 91.1 Å². The molecule has 0 heterocycles. The molecular formula is C41H77NO2. The molecule has 0 aromatic carbocycles. The lowest BCUT2D eigenvalue weighted by Crippen LogP contribution is -2.26. The fourth-order valence-electron chi connectivity index (χ4n) is 5.20. The summed E-state index contributed by atoms with van der Waals surface area (Å²) in [6, 6.07) is 0. The highest BCUT2D eigenvalue weighted by molar-refractivity contribution is 4.93. The molecule has 0 saturated heterocycles. The van der Waals surface area contributed by atoms with Gasteiger partial charge in [0.15, 0.2) is 0 Å². The third kappa shape index (κ3) is 37.0. The van der Waals surface area contributed by atoms with E-state index in [1.54, 1.807) is 0 Å². The molecule has 0 amide bonds. The number of ether oxygens (including phenoxy) is 2. The molecule has 3 nitrogen and oxygen atoms in total. The van der Waals surface area contributed by atoms with Crippen LogP contribution in [0.5, 0.6) is 0 Å². The maximum absolute atomic E-state index is 6.27. The van der Waals surface area contributed by atoms with Gasteiger partial charge in [0, 0.05) is 19.8 Å². The topological polar surface area (TPSA) is 21.7 Å². The Morgan fingerprint density at radius 1 is 0.477 bits per heavy atom. The Morgan fingerprint density at radius 3 is 1.43 bits per heavy atom. The van der Waals surface area contributed by atoms with Gasteiger partial charge in [-0.2, -0.15) is 0 Å². The van der Waals surface area contributed by atoms with Crippen LogP contribution in [-0.4, -0.2) is 51.5 Å². The molecule has 0 fully saturated rings. The molecule has 258 valence electrons. The van der Waals surface area contributed by atoms with Crippen molar-refractivity contribution in [1.82, 2.24) is 4.90 Å². The first kappa shape index (κ1) is 42.8. The average Bonchev–Trinajstić information content (AvgIpc) is 3.02. The van der Waals surface area contributed by atoms with Crippen molar-refractivity contribution in [2.45, 2.75) is 174 Å². The lowest BCUT2D eigenvalue weighted by molar-refractivity contribution is -0.0248. The van der Waals surface area contributed by atoms with Crippen LogP contribution in [0.4, 0.5) is 0 Å². The molecule has 0 aliphatic rings. The van der Waals surface area contributed by atoms with E-state index in [0.29, 0.717) is 0 Å². The van der Waals surface area contributed by atoms with E-state index in [-0.39, 0.29) is 6.10 Å². The predicted octanol–water partition coefficient (Wildman–Crippen LogP) is 12.6. The predicted molar refractivity (Wildman–Crippen MR) is 198 cm³/mol. The fraction of sp³-hybridized carbons (Fsp3) is 0.805. The fourth-order valence-corrected chi connectivity index (χ4v) is 5.20. The van der Waals surface area contributed by atoms with Crippen molar-refractivity contribution in [2.75, 3.05) is 40.5 Å². The first-order valence-electron chi connectivity index (χ1n) is 19.1. The maximum atomic E-state index is 6.27. The third-order valence-corrected chi connectivity index (χ3v) is 8.12. The molecule has 0 aromatic rings. The Bertz CT molecular complexity index is 651. The van der Waals surface area contributed by atoms with Crippen molar-refractivity contribution in [3.8, 4) is 0 Å². The zero-order valence-corrected chi connectivity index (χ0v) is 30.3. The van der Waals surface area contributed by atoms with Crippen LogP contribution in [0.15, 0.2) is 48.6 Å². The lowest BCUT2D eigenvalue weighted by atomic mass is 10.1. The van der Waals surface area contributed by atoms with E-state index < -0.39 is 0 Å². The molecular weight excluding hydrogens is 538 g/mol. The van der Waals surface area contributed by atoms with E-state index >= 15 is 0 Å². The Hall–Kier alpha value is -1.16. The summed E-state index contributed by atoms with van der Waals surface area (Å²) < 4.78 is 12.3. The van der Waals surface area contributed by atoms with E-state index in [2.05, 4.69) is 81.5 Å². The van der Waals surface area contributed by atoms with Crippen molar-refractivity contribution in [2.24, 2.45) is 0 Å². The molecule has 0 aliphatic heterocycles. The number of hydrogen-bond acceptors (Lipinski definition) is 3. The summed E-state index contributed by atoms with van der Waals surface area (Å²) in [6.07, 6.45) is 49.4. The van der Waals surface area contributed by atoms with Crippen molar-refractivity contribution in [3.05, 3.63) is 48.6 Å². The molecule has 0 radical (unpaired) electrons.